The molecule has 0 saturated carbocycles. The fourth-order valence-corrected chi connectivity index (χ4v) is 3.77. The van der Waals surface area contributed by atoms with E-state index in [0.717, 1.165) is 0 Å². The lowest BCUT2D eigenvalue weighted by Gasteiger charge is -2.19. The summed E-state index contributed by atoms with van der Waals surface area (Å²) in [4.78, 5) is 45.2. The van der Waals surface area contributed by atoms with Crippen molar-refractivity contribution in [2.24, 2.45) is 0 Å². The van der Waals surface area contributed by atoms with Gasteiger partial charge in [-0.3, -0.25) is 19.4 Å². The average molecular weight is 488 g/mol. The highest BCUT2D eigenvalue weighted by Gasteiger charge is 2.21. The molecular formula is C26H25N5O5. The molecule has 0 aliphatic carbocycles. The molecule has 4 rings (SSSR count). The molecule has 184 valence electrons. The minimum Gasteiger partial charge on any atom is -0.481 e. The number of rotatable bonds is 10. The monoisotopic (exact) mass is 487 g/mol. The molecule has 0 aliphatic heterocycles. The van der Waals surface area contributed by atoms with Crippen molar-refractivity contribution < 1.29 is 23.9 Å². The predicted molar refractivity (Wildman–Crippen MR) is 133 cm³/mol. The SMILES string of the molecule is CCc1ncccc1C(CC(=O)O)NC(=O)CNC(=O)c1cccc(Nc2nc3ccccc3o2)c1. The van der Waals surface area contributed by atoms with Gasteiger partial charge in [-0.1, -0.05) is 31.2 Å². The lowest BCUT2D eigenvalue weighted by atomic mass is 10.0. The normalized spacial score (nSPS) is 11.6. The summed E-state index contributed by atoms with van der Waals surface area (Å²) < 4.78 is 5.65. The molecule has 0 bridgehead atoms. The second kappa shape index (κ2) is 11.1. The fourth-order valence-electron chi connectivity index (χ4n) is 3.77. The molecule has 1 atom stereocenters. The van der Waals surface area contributed by atoms with E-state index >= 15 is 0 Å². The number of aliphatic carboxylic acids is 1. The molecule has 0 radical (unpaired) electrons. The molecule has 0 spiro atoms. The maximum absolute atomic E-state index is 12.7. The van der Waals surface area contributed by atoms with Crippen LogP contribution in [0.2, 0.25) is 0 Å². The molecule has 36 heavy (non-hydrogen) atoms. The number of benzene rings is 2. The van der Waals surface area contributed by atoms with E-state index in [2.05, 4.69) is 25.9 Å². The summed E-state index contributed by atoms with van der Waals surface area (Å²) in [5.74, 6) is -2.03. The molecule has 0 saturated heterocycles. The second-order valence-electron chi connectivity index (χ2n) is 7.99. The van der Waals surface area contributed by atoms with Crippen LogP contribution in [0.15, 0.2) is 71.3 Å². The number of carbonyl (C=O) groups is 3. The molecule has 4 N–H and O–H groups in total. The van der Waals surface area contributed by atoms with E-state index in [1.165, 1.54) is 0 Å². The zero-order chi connectivity index (χ0) is 25.5. The van der Waals surface area contributed by atoms with Crippen molar-refractivity contribution in [2.45, 2.75) is 25.8 Å². The number of fused-ring (bicyclic) bond motifs is 1. The van der Waals surface area contributed by atoms with Crippen LogP contribution >= 0.6 is 0 Å². The third-order valence-electron chi connectivity index (χ3n) is 5.43. The second-order valence-corrected chi connectivity index (χ2v) is 7.99. The van der Waals surface area contributed by atoms with Crippen LogP contribution in [0.5, 0.6) is 0 Å². The number of hydrogen-bond donors (Lipinski definition) is 4. The summed E-state index contributed by atoms with van der Waals surface area (Å²) in [5, 5.41) is 17.6. The minimum atomic E-state index is -1.06. The summed E-state index contributed by atoms with van der Waals surface area (Å²) >= 11 is 0. The lowest BCUT2D eigenvalue weighted by molar-refractivity contribution is -0.137. The van der Waals surface area contributed by atoms with Crippen LogP contribution in [0.25, 0.3) is 11.1 Å². The highest BCUT2D eigenvalue weighted by molar-refractivity contribution is 5.97. The molecule has 4 aromatic rings. The summed E-state index contributed by atoms with van der Waals surface area (Å²) in [6, 6.07) is 17.0. The molecule has 0 aliphatic rings. The number of amides is 2. The Kier molecular flexibility index (Phi) is 7.54. The number of carboxylic acids is 1. The number of para-hydroxylation sites is 2. The highest BCUT2D eigenvalue weighted by atomic mass is 16.4. The number of aromatic nitrogens is 2. The van der Waals surface area contributed by atoms with E-state index in [1.807, 2.05) is 25.1 Å². The van der Waals surface area contributed by atoms with E-state index < -0.39 is 23.8 Å². The standard InChI is InChI=1S/C26H25N5O5/c1-2-19-18(9-6-12-27-19)21(14-24(33)34)30-23(32)15-28-25(35)16-7-5-8-17(13-16)29-26-31-20-10-3-4-11-22(20)36-26/h3-13,21H,2,14-15H2,1H3,(H,28,35)(H,29,31)(H,30,32)(H,33,34). The van der Waals surface area contributed by atoms with Crippen LogP contribution in [-0.4, -0.2) is 39.4 Å². The van der Waals surface area contributed by atoms with Crippen molar-refractivity contribution in [1.29, 1.82) is 0 Å². The first kappa shape index (κ1) is 24.4. The van der Waals surface area contributed by atoms with Crippen LogP contribution in [0.3, 0.4) is 0 Å². The quantitative estimate of drug-likeness (QED) is 0.265. The minimum absolute atomic E-state index is 0.291. The van der Waals surface area contributed by atoms with Crippen molar-refractivity contribution in [3.8, 4) is 0 Å². The molecule has 1 unspecified atom stereocenters. The van der Waals surface area contributed by atoms with Gasteiger partial charge in [0.15, 0.2) is 5.58 Å². The van der Waals surface area contributed by atoms with Crippen molar-refractivity contribution in [3.05, 3.63) is 83.7 Å². The Morgan fingerprint density at radius 3 is 2.67 bits per heavy atom. The average Bonchev–Trinajstić information content (AvgIpc) is 3.29. The Labute approximate surface area is 206 Å². The third kappa shape index (κ3) is 6.03. The Morgan fingerprint density at radius 2 is 1.89 bits per heavy atom. The van der Waals surface area contributed by atoms with Gasteiger partial charge in [0, 0.05) is 23.1 Å². The first-order valence-corrected chi connectivity index (χ1v) is 11.4. The first-order chi connectivity index (χ1) is 17.4. The molecule has 10 heteroatoms. The third-order valence-corrected chi connectivity index (χ3v) is 5.43. The van der Waals surface area contributed by atoms with Gasteiger partial charge < -0.3 is 25.5 Å². The Hall–Kier alpha value is -4.73. The van der Waals surface area contributed by atoms with Crippen LogP contribution < -0.4 is 16.0 Å². The topological polar surface area (TPSA) is 146 Å². The molecule has 0 fully saturated rings. The summed E-state index contributed by atoms with van der Waals surface area (Å²) in [6.45, 7) is 1.58. The van der Waals surface area contributed by atoms with Gasteiger partial charge in [-0.25, -0.2) is 0 Å². The van der Waals surface area contributed by atoms with Crippen molar-refractivity contribution in [2.75, 3.05) is 11.9 Å². The number of aryl methyl sites for hydroxylation is 1. The van der Waals surface area contributed by atoms with E-state index in [9.17, 15) is 19.5 Å². The van der Waals surface area contributed by atoms with E-state index in [-0.39, 0.29) is 13.0 Å². The molecule has 2 aromatic heterocycles. The van der Waals surface area contributed by atoms with Crippen molar-refractivity contribution in [3.63, 3.8) is 0 Å². The van der Waals surface area contributed by atoms with Gasteiger partial charge in [-0.15, -0.1) is 0 Å². The van der Waals surface area contributed by atoms with Gasteiger partial charge in [0.05, 0.1) is 19.0 Å². The molecule has 2 heterocycles. The number of carboxylic acid groups (broad SMARTS) is 1. The Bertz CT molecular complexity index is 1370. The van der Waals surface area contributed by atoms with Crippen LogP contribution in [-0.2, 0) is 16.0 Å². The zero-order valence-electron chi connectivity index (χ0n) is 19.5. The molecule has 10 nitrogen and oxygen atoms in total. The molecular weight excluding hydrogens is 462 g/mol. The van der Waals surface area contributed by atoms with Gasteiger partial charge in [-0.2, -0.15) is 4.98 Å². The Morgan fingerprint density at radius 1 is 1.06 bits per heavy atom. The molecule has 2 amide bonds. The number of hydrogen-bond acceptors (Lipinski definition) is 7. The zero-order valence-corrected chi connectivity index (χ0v) is 19.5. The maximum Gasteiger partial charge on any atom is 0.305 e. The first-order valence-electron chi connectivity index (χ1n) is 11.4. The van der Waals surface area contributed by atoms with Gasteiger partial charge in [0.1, 0.15) is 5.52 Å². The number of anilines is 2. The number of nitrogens with zero attached hydrogens (tertiary/aromatic N) is 2. The van der Waals surface area contributed by atoms with Gasteiger partial charge in [0.2, 0.25) is 5.91 Å². The Balaban J connectivity index is 1.38. The largest absolute Gasteiger partial charge is 0.481 e. The smallest absolute Gasteiger partial charge is 0.305 e. The predicted octanol–water partition coefficient (Wildman–Crippen LogP) is 3.59. The van der Waals surface area contributed by atoms with Gasteiger partial charge in [0.25, 0.3) is 11.9 Å². The summed E-state index contributed by atoms with van der Waals surface area (Å²) in [6.07, 6.45) is 1.91. The van der Waals surface area contributed by atoms with E-state index in [1.54, 1.807) is 48.7 Å². The van der Waals surface area contributed by atoms with E-state index in [4.69, 9.17) is 4.42 Å². The summed E-state index contributed by atoms with van der Waals surface area (Å²) in [5.41, 5.74) is 3.60. The van der Waals surface area contributed by atoms with Crippen molar-refractivity contribution >= 4 is 40.6 Å². The van der Waals surface area contributed by atoms with Crippen molar-refractivity contribution in [1.82, 2.24) is 20.6 Å². The van der Waals surface area contributed by atoms with E-state index in [0.29, 0.717) is 46.0 Å². The maximum atomic E-state index is 12.7. The van der Waals surface area contributed by atoms with Gasteiger partial charge in [-0.05, 0) is 48.4 Å². The molecule has 2 aromatic carbocycles. The van der Waals surface area contributed by atoms with Crippen LogP contribution in [0.4, 0.5) is 11.7 Å². The summed E-state index contributed by atoms with van der Waals surface area (Å²) in [7, 11) is 0. The number of oxazole rings is 1. The van der Waals surface area contributed by atoms with Gasteiger partial charge >= 0.3 is 5.97 Å². The number of pyridine rings is 1. The van der Waals surface area contributed by atoms with Crippen LogP contribution in [0, 0.1) is 0 Å². The van der Waals surface area contributed by atoms with Crippen LogP contribution in [0.1, 0.15) is 41.0 Å². The lowest BCUT2D eigenvalue weighted by Crippen LogP contribution is -2.39. The number of nitrogens with one attached hydrogen (secondary N) is 3. The highest BCUT2D eigenvalue weighted by Crippen LogP contribution is 2.23. The number of carbonyl (C=O) groups excluding carboxylic acids is 2. The fraction of sp³-hybridized carbons (Fsp3) is 0.192.